The topological polar surface area (TPSA) is 89.2 Å². The van der Waals surface area contributed by atoms with Crippen molar-refractivity contribution in [1.82, 2.24) is 4.90 Å². The van der Waals surface area contributed by atoms with E-state index in [0.29, 0.717) is 23.7 Å². The summed E-state index contributed by atoms with van der Waals surface area (Å²) in [6.45, 7) is 0.394. The number of likely N-dealkylation sites (tertiary alicyclic amines) is 1. The summed E-state index contributed by atoms with van der Waals surface area (Å²) < 4.78 is 16.7. The van der Waals surface area contributed by atoms with Crippen LogP contribution in [0.15, 0.2) is 95.1 Å². The Hall–Kier alpha value is -4.20. The molecule has 0 saturated carbocycles. The number of benzene rings is 3. The first-order chi connectivity index (χ1) is 18.9. The van der Waals surface area contributed by atoms with Crippen LogP contribution in [0.5, 0.6) is 11.5 Å². The molecule has 198 valence electrons. The number of methoxy groups -OCH3 is 1. The number of ketones is 1. The molecule has 1 unspecified atom stereocenters. The van der Waals surface area contributed by atoms with Gasteiger partial charge in [-0.2, -0.15) is 0 Å². The van der Waals surface area contributed by atoms with Crippen molar-refractivity contribution < 1.29 is 28.6 Å². The minimum Gasteiger partial charge on any atom is -0.507 e. The number of carbonyl (C=O) groups excluding carboxylic acids is 2. The minimum absolute atomic E-state index is 0.0126. The SMILES string of the molecule is COc1c(Cl)cc(Cl)cc1/C(O)=C1\C(=O)C(=O)N(Cc2ccco2)C1c1ccc(OCc2ccccc2)cc1. The minimum atomic E-state index is -0.930. The zero-order valence-corrected chi connectivity index (χ0v) is 22.3. The van der Waals surface area contributed by atoms with Crippen LogP contribution in [0.4, 0.5) is 0 Å². The average molecular weight is 564 g/mol. The maximum atomic E-state index is 13.4. The maximum Gasteiger partial charge on any atom is 0.296 e. The standard InChI is InChI=1S/C30H23Cl2NO6/c1-37-29-23(14-20(31)15-24(29)32)27(34)25-26(33(30(36)28(25)35)16-22-8-5-13-38-22)19-9-11-21(12-10-19)39-17-18-6-3-2-4-7-18/h2-15,26,34H,16-17H2,1H3/b27-25+. The number of amides is 1. The van der Waals surface area contributed by atoms with Gasteiger partial charge in [0.05, 0.1) is 42.1 Å². The van der Waals surface area contributed by atoms with E-state index in [-0.39, 0.29) is 33.5 Å². The maximum absolute atomic E-state index is 13.4. The Kier molecular flexibility index (Phi) is 7.63. The van der Waals surface area contributed by atoms with E-state index in [0.717, 1.165) is 5.56 Å². The Balaban J connectivity index is 1.56. The first kappa shape index (κ1) is 26.4. The first-order valence-corrected chi connectivity index (χ1v) is 12.7. The van der Waals surface area contributed by atoms with Crippen LogP contribution in [0, 0.1) is 0 Å². The van der Waals surface area contributed by atoms with Crippen LogP contribution < -0.4 is 9.47 Å². The van der Waals surface area contributed by atoms with E-state index < -0.39 is 23.5 Å². The third-order valence-electron chi connectivity index (χ3n) is 6.36. The fraction of sp³-hybridized carbons (Fsp3) is 0.133. The fourth-order valence-corrected chi connectivity index (χ4v) is 5.11. The Morgan fingerprint density at radius 3 is 2.41 bits per heavy atom. The Morgan fingerprint density at radius 1 is 1.00 bits per heavy atom. The van der Waals surface area contributed by atoms with Crippen LogP contribution in [-0.2, 0) is 22.7 Å². The summed E-state index contributed by atoms with van der Waals surface area (Å²) in [6.07, 6.45) is 1.48. The molecular weight excluding hydrogens is 541 g/mol. The van der Waals surface area contributed by atoms with Crippen molar-refractivity contribution in [1.29, 1.82) is 0 Å². The molecule has 7 nitrogen and oxygen atoms in total. The van der Waals surface area contributed by atoms with Crippen LogP contribution in [0.2, 0.25) is 10.0 Å². The van der Waals surface area contributed by atoms with Crippen molar-refractivity contribution in [3.8, 4) is 11.5 Å². The van der Waals surface area contributed by atoms with Gasteiger partial charge < -0.3 is 23.9 Å². The van der Waals surface area contributed by atoms with Gasteiger partial charge in [0.15, 0.2) is 0 Å². The zero-order valence-electron chi connectivity index (χ0n) is 20.8. The summed E-state index contributed by atoms with van der Waals surface area (Å²) >= 11 is 12.5. The smallest absolute Gasteiger partial charge is 0.296 e. The largest absolute Gasteiger partial charge is 0.507 e. The number of hydrogen-bond acceptors (Lipinski definition) is 6. The van der Waals surface area contributed by atoms with Crippen molar-refractivity contribution in [3.05, 3.63) is 123 Å². The van der Waals surface area contributed by atoms with E-state index in [9.17, 15) is 14.7 Å². The highest BCUT2D eigenvalue weighted by molar-refractivity contribution is 6.46. The van der Waals surface area contributed by atoms with Crippen molar-refractivity contribution in [2.24, 2.45) is 0 Å². The number of aliphatic hydroxyl groups is 1. The van der Waals surface area contributed by atoms with Crippen molar-refractivity contribution in [2.75, 3.05) is 7.11 Å². The van der Waals surface area contributed by atoms with Crippen molar-refractivity contribution in [2.45, 2.75) is 19.2 Å². The molecule has 1 amide bonds. The first-order valence-electron chi connectivity index (χ1n) is 12.0. The second kappa shape index (κ2) is 11.3. The van der Waals surface area contributed by atoms with Crippen LogP contribution >= 0.6 is 23.2 Å². The molecular formula is C30H23Cl2NO6. The van der Waals surface area contributed by atoms with Crippen molar-refractivity contribution >= 4 is 40.7 Å². The summed E-state index contributed by atoms with van der Waals surface area (Å²) in [5.74, 6) is -0.881. The number of furan rings is 1. The van der Waals surface area contributed by atoms with Crippen molar-refractivity contribution in [3.63, 3.8) is 0 Å². The predicted octanol–water partition coefficient (Wildman–Crippen LogP) is 6.80. The van der Waals surface area contributed by atoms with Crippen LogP contribution in [0.3, 0.4) is 0 Å². The molecule has 0 spiro atoms. The molecule has 1 aliphatic heterocycles. The molecule has 9 heteroatoms. The lowest BCUT2D eigenvalue weighted by Gasteiger charge is -2.25. The van der Waals surface area contributed by atoms with Gasteiger partial charge in [-0.05, 0) is 47.5 Å². The third-order valence-corrected chi connectivity index (χ3v) is 6.86. The number of ether oxygens (including phenoxy) is 2. The molecule has 1 atom stereocenters. The van der Waals surface area contributed by atoms with Gasteiger partial charge in [0, 0.05) is 5.02 Å². The Bertz CT molecular complexity index is 1530. The lowest BCUT2D eigenvalue weighted by atomic mass is 9.95. The Morgan fingerprint density at radius 2 is 1.74 bits per heavy atom. The molecule has 1 saturated heterocycles. The van der Waals surface area contributed by atoms with Gasteiger partial charge in [0.1, 0.15) is 29.6 Å². The van der Waals surface area contributed by atoms with Gasteiger partial charge in [0.25, 0.3) is 11.7 Å². The molecule has 0 bridgehead atoms. The number of aliphatic hydroxyl groups excluding tert-OH is 1. The number of carbonyl (C=O) groups is 2. The summed E-state index contributed by atoms with van der Waals surface area (Å²) in [5, 5.41) is 11.8. The lowest BCUT2D eigenvalue weighted by molar-refractivity contribution is -0.140. The number of nitrogens with zero attached hydrogens (tertiary/aromatic N) is 1. The van der Waals surface area contributed by atoms with E-state index >= 15 is 0 Å². The highest BCUT2D eigenvalue weighted by Crippen LogP contribution is 2.44. The fourth-order valence-electron chi connectivity index (χ4n) is 4.54. The highest BCUT2D eigenvalue weighted by atomic mass is 35.5. The van der Waals surface area contributed by atoms with E-state index in [1.54, 1.807) is 36.4 Å². The van der Waals surface area contributed by atoms with Gasteiger partial charge in [-0.3, -0.25) is 9.59 Å². The molecule has 3 aromatic carbocycles. The Labute approximate surface area is 234 Å². The molecule has 4 aromatic rings. The molecule has 1 aliphatic rings. The van der Waals surface area contributed by atoms with E-state index in [1.807, 2.05) is 30.3 Å². The quantitative estimate of drug-likeness (QED) is 0.144. The number of rotatable bonds is 8. The molecule has 0 aliphatic carbocycles. The van der Waals surface area contributed by atoms with Crippen LogP contribution in [-0.4, -0.2) is 28.8 Å². The summed E-state index contributed by atoms with van der Waals surface area (Å²) in [4.78, 5) is 28.0. The highest BCUT2D eigenvalue weighted by Gasteiger charge is 2.46. The number of halogens is 2. The average Bonchev–Trinajstić information content (AvgIpc) is 3.54. The molecule has 1 fully saturated rings. The zero-order chi connectivity index (χ0) is 27.5. The summed E-state index contributed by atoms with van der Waals surface area (Å²) in [7, 11) is 1.38. The summed E-state index contributed by atoms with van der Waals surface area (Å²) in [6, 6.07) is 22.1. The molecule has 2 heterocycles. The number of Topliss-reactive ketones (excluding diaryl/α,β-unsaturated/α-hetero) is 1. The van der Waals surface area contributed by atoms with Crippen LogP contribution in [0.25, 0.3) is 5.76 Å². The monoisotopic (exact) mass is 563 g/mol. The molecule has 5 rings (SSSR count). The van der Waals surface area contributed by atoms with E-state index in [4.69, 9.17) is 37.1 Å². The lowest BCUT2D eigenvalue weighted by Crippen LogP contribution is -2.29. The van der Waals surface area contributed by atoms with E-state index in [2.05, 4.69) is 0 Å². The van der Waals surface area contributed by atoms with Gasteiger partial charge in [-0.1, -0.05) is 65.7 Å². The third kappa shape index (κ3) is 5.37. The van der Waals surface area contributed by atoms with Crippen LogP contribution in [0.1, 0.15) is 28.5 Å². The predicted molar refractivity (Wildman–Crippen MR) is 147 cm³/mol. The number of hydrogen-bond donors (Lipinski definition) is 1. The second-order valence-corrected chi connectivity index (χ2v) is 9.66. The molecule has 0 radical (unpaired) electrons. The molecule has 1 aromatic heterocycles. The van der Waals surface area contributed by atoms with Gasteiger partial charge in [0.2, 0.25) is 0 Å². The van der Waals surface area contributed by atoms with E-state index in [1.165, 1.54) is 30.4 Å². The second-order valence-electron chi connectivity index (χ2n) is 8.82. The normalized spacial score (nSPS) is 16.5. The van der Waals surface area contributed by atoms with Gasteiger partial charge in [-0.15, -0.1) is 0 Å². The summed E-state index contributed by atoms with van der Waals surface area (Å²) in [5.41, 5.74) is 1.57. The molecule has 39 heavy (non-hydrogen) atoms. The van der Waals surface area contributed by atoms with Gasteiger partial charge in [-0.25, -0.2) is 0 Å². The molecule has 1 N–H and O–H groups in total. The van der Waals surface area contributed by atoms with Gasteiger partial charge >= 0.3 is 0 Å².